The predicted octanol–water partition coefficient (Wildman–Crippen LogP) is 7.30. The lowest BCUT2D eigenvalue weighted by atomic mass is 9.32. The zero-order valence-corrected chi connectivity index (χ0v) is 21.9. The number of allylic oxidation sites excluding steroid dienone is 1. The Morgan fingerprint density at radius 1 is 0.879 bits per heavy atom. The molecule has 5 fully saturated rings. The Kier molecular flexibility index (Phi) is 4.99. The van der Waals surface area contributed by atoms with Gasteiger partial charge < -0.3 is 5.11 Å². The van der Waals surface area contributed by atoms with Gasteiger partial charge >= 0.3 is 5.97 Å². The van der Waals surface area contributed by atoms with Crippen LogP contribution in [-0.4, -0.2) is 16.9 Å². The summed E-state index contributed by atoms with van der Waals surface area (Å²) >= 11 is 0. The van der Waals surface area contributed by atoms with Crippen molar-refractivity contribution in [2.24, 2.45) is 56.7 Å². The van der Waals surface area contributed by atoms with Crippen molar-refractivity contribution in [2.45, 2.75) is 106 Å². The van der Waals surface area contributed by atoms with Crippen molar-refractivity contribution >= 4 is 11.8 Å². The first-order valence-electron chi connectivity index (χ1n) is 13.7. The Labute approximate surface area is 201 Å². The lowest BCUT2D eigenvalue weighted by Crippen LogP contribution is -2.66. The normalized spacial score (nSPS) is 52.8. The highest BCUT2D eigenvalue weighted by Gasteiger charge is 2.72. The fourth-order valence-electron chi connectivity index (χ4n) is 11.3. The molecule has 0 aromatic carbocycles. The van der Waals surface area contributed by atoms with Crippen LogP contribution in [0.3, 0.4) is 0 Å². The molecule has 0 aromatic heterocycles. The number of carboxylic acids is 1. The Bertz CT molecular complexity index is 902. The molecule has 0 heterocycles. The highest BCUT2D eigenvalue weighted by Crippen LogP contribution is 2.77. The molecule has 5 aliphatic carbocycles. The van der Waals surface area contributed by atoms with Gasteiger partial charge in [-0.1, -0.05) is 46.8 Å². The van der Waals surface area contributed by atoms with Crippen molar-refractivity contribution in [3.05, 3.63) is 12.2 Å². The van der Waals surface area contributed by atoms with Crippen LogP contribution < -0.4 is 0 Å². The minimum absolute atomic E-state index is 0.164. The third-order valence-corrected chi connectivity index (χ3v) is 13.2. The molecule has 3 heteroatoms. The van der Waals surface area contributed by atoms with Crippen molar-refractivity contribution < 1.29 is 14.7 Å². The van der Waals surface area contributed by atoms with Crippen molar-refractivity contribution in [3.63, 3.8) is 0 Å². The Morgan fingerprint density at radius 3 is 2.21 bits per heavy atom. The van der Waals surface area contributed by atoms with Crippen molar-refractivity contribution in [1.29, 1.82) is 0 Å². The third kappa shape index (κ3) is 2.69. The smallest absolute Gasteiger partial charge is 0.309 e. The summed E-state index contributed by atoms with van der Waals surface area (Å²) in [6.07, 6.45) is 10.1. The van der Waals surface area contributed by atoms with E-state index in [0.717, 1.165) is 51.4 Å². The van der Waals surface area contributed by atoms with E-state index in [-0.39, 0.29) is 27.6 Å². The number of carbonyl (C=O) groups excluding carboxylic acids is 1. The Morgan fingerprint density at radius 2 is 1.58 bits per heavy atom. The molecule has 33 heavy (non-hydrogen) atoms. The van der Waals surface area contributed by atoms with Crippen LogP contribution in [0.2, 0.25) is 0 Å². The average molecular weight is 455 g/mol. The summed E-state index contributed by atoms with van der Waals surface area (Å²) in [5, 5.41) is 10.5. The minimum Gasteiger partial charge on any atom is -0.481 e. The number of aliphatic carboxylic acids is 1. The van der Waals surface area contributed by atoms with Crippen LogP contribution in [0.15, 0.2) is 12.2 Å². The fourth-order valence-corrected chi connectivity index (χ4v) is 11.3. The summed E-state index contributed by atoms with van der Waals surface area (Å²) in [6.45, 7) is 18.5. The van der Waals surface area contributed by atoms with E-state index in [1.807, 2.05) is 0 Å². The second-order valence-electron chi connectivity index (χ2n) is 14.3. The van der Waals surface area contributed by atoms with E-state index in [9.17, 15) is 14.7 Å². The Balaban J connectivity index is 1.57. The highest BCUT2D eigenvalue weighted by atomic mass is 16.4. The quantitative estimate of drug-likeness (QED) is 0.445. The molecule has 0 saturated heterocycles. The lowest BCUT2D eigenvalue weighted by Gasteiger charge is -2.72. The number of Topliss-reactive ketones (excluding diaryl/α,β-unsaturated/α-hetero) is 1. The number of hydrogen-bond acceptors (Lipinski definition) is 2. The molecule has 5 saturated carbocycles. The molecule has 184 valence electrons. The average Bonchev–Trinajstić information content (AvgIpc) is 3.13. The number of fused-ring (bicyclic) bond motifs is 7. The molecule has 0 amide bonds. The monoisotopic (exact) mass is 454 g/mol. The van der Waals surface area contributed by atoms with E-state index in [2.05, 4.69) is 48.1 Å². The van der Waals surface area contributed by atoms with Crippen LogP contribution in [0.4, 0.5) is 0 Å². The van der Waals surface area contributed by atoms with E-state index in [0.29, 0.717) is 29.5 Å². The number of carboxylic acid groups (broad SMARTS) is 1. The summed E-state index contributed by atoms with van der Waals surface area (Å²) < 4.78 is 0. The first kappa shape index (κ1) is 23.6. The molecule has 0 spiro atoms. The van der Waals surface area contributed by atoms with E-state index in [1.54, 1.807) is 0 Å². The maximum atomic E-state index is 12.9. The highest BCUT2D eigenvalue weighted by molar-refractivity contribution is 5.85. The molecule has 1 N–H and O–H groups in total. The summed E-state index contributed by atoms with van der Waals surface area (Å²) in [5.41, 5.74) is 1.03. The first-order valence-corrected chi connectivity index (χ1v) is 13.7. The van der Waals surface area contributed by atoms with Gasteiger partial charge in [-0.3, -0.25) is 9.59 Å². The number of rotatable bonds is 2. The zero-order chi connectivity index (χ0) is 24.2. The van der Waals surface area contributed by atoms with E-state index >= 15 is 0 Å². The maximum Gasteiger partial charge on any atom is 0.309 e. The molecule has 0 radical (unpaired) electrons. The summed E-state index contributed by atoms with van der Waals surface area (Å²) in [4.78, 5) is 25.7. The van der Waals surface area contributed by atoms with Crippen molar-refractivity contribution in [3.8, 4) is 0 Å². The van der Waals surface area contributed by atoms with Gasteiger partial charge in [0, 0.05) is 11.8 Å². The molecule has 0 aliphatic heterocycles. The van der Waals surface area contributed by atoms with Crippen LogP contribution in [-0.2, 0) is 9.59 Å². The molecular weight excluding hydrogens is 408 g/mol. The van der Waals surface area contributed by atoms with Crippen molar-refractivity contribution in [1.82, 2.24) is 0 Å². The standard InChI is InChI=1S/C30H46O3/c1-18(2)19-10-15-30(25(32)33)17-16-28(6)20(24(19)30)8-9-22-27(5)13-12-23(31)26(3,4)21(27)11-14-29(22,28)7/h19-22,24H,1,8-17H2,2-7H3,(H,32,33)/t19-,20+,21?,22+,24+,27-,28+,29+,30-/m0/s1. The van der Waals surface area contributed by atoms with E-state index < -0.39 is 11.4 Å². The molecule has 3 nitrogen and oxygen atoms in total. The zero-order valence-electron chi connectivity index (χ0n) is 21.9. The molecule has 5 aliphatic rings. The molecule has 9 atom stereocenters. The van der Waals surface area contributed by atoms with Gasteiger partial charge in [0.15, 0.2) is 0 Å². The SMILES string of the molecule is C=C(C)[C@@H]1CC[C@]2(C(=O)O)CC[C@]3(C)[C@H](CC[C@@H]4[C@@]5(C)CCC(=O)C(C)(C)C5CC[C@]43C)[C@@H]12. The lowest BCUT2D eigenvalue weighted by molar-refractivity contribution is -0.235. The van der Waals surface area contributed by atoms with Crippen LogP contribution in [0.25, 0.3) is 0 Å². The van der Waals surface area contributed by atoms with Gasteiger partial charge in [0.25, 0.3) is 0 Å². The van der Waals surface area contributed by atoms with E-state index in [4.69, 9.17) is 0 Å². The largest absolute Gasteiger partial charge is 0.481 e. The minimum atomic E-state index is -0.547. The van der Waals surface area contributed by atoms with Crippen LogP contribution in [0.1, 0.15) is 106 Å². The van der Waals surface area contributed by atoms with Crippen LogP contribution in [0, 0.1) is 56.7 Å². The summed E-state index contributed by atoms with van der Waals surface area (Å²) in [7, 11) is 0. The second kappa shape index (κ2) is 6.97. The molecule has 1 unspecified atom stereocenters. The van der Waals surface area contributed by atoms with Gasteiger partial charge in [0.1, 0.15) is 5.78 Å². The summed E-state index contributed by atoms with van der Waals surface area (Å²) in [5.74, 6) is 2.07. The number of carbonyl (C=O) groups is 2. The van der Waals surface area contributed by atoms with Gasteiger partial charge in [-0.2, -0.15) is 0 Å². The number of hydrogen-bond donors (Lipinski definition) is 1. The number of ketones is 1. The molecular formula is C30H46O3. The molecule has 5 rings (SSSR count). The molecule has 0 bridgehead atoms. The van der Waals surface area contributed by atoms with Gasteiger partial charge in [0.2, 0.25) is 0 Å². The Hall–Kier alpha value is -1.12. The van der Waals surface area contributed by atoms with Gasteiger partial charge in [-0.15, -0.1) is 0 Å². The van der Waals surface area contributed by atoms with Crippen LogP contribution in [0.5, 0.6) is 0 Å². The van der Waals surface area contributed by atoms with Gasteiger partial charge in [-0.25, -0.2) is 0 Å². The third-order valence-electron chi connectivity index (χ3n) is 13.2. The van der Waals surface area contributed by atoms with Crippen molar-refractivity contribution in [2.75, 3.05) is 0 Å². The van der Waals surface area contributed by atoms with E-state index in [1.165, 1.54) is 18.4 Å². The summed E-state index contributed by atoms with van der Waals surface area (Å²) in [6, 6.07) is 0. The molecule has 0 aromatic rings. The van der Waals surface area contributed by atoms with Gasteiger partial charge in [0.05, 0.1) is 5.41 Å². The fraction of sp³-hybridized carbons (Fsp3) is 0.867. The van der Waals surface area contributed by atoms with Gasteiger partial charge in [-0.05, 0) is 111 Å². The maximum absolute atomic E-state index is 12.9. The van der Waals surface area contributed by atoms with Crippen LogP contribution >= 0.6 is 0 Å². The second-order valence-corrected chi connectivity index (χ2v) is 14.3. The predicted molar refractivity (Wildman–Crippen MR) is 132 cm³/mol. The first-order chi connectivity index (χ1) is 15.3. The topological polar surface area (TPSA) is 54.4 Å².